The summed E-state index contributed by atoms with van der Waals surface area (Å²) >= 11 is 0. The average molecular weight is 285 g/mol. The van der Waals surface area contributed by atoms with Gasteiger partial charge in [0.05, 0.1) is 7.11 Å². The Morgan fingerprint density at radius 1 is 1.38 bits per heavy atom. The number of ether oxygens (including phenoxy) is 1. The molecular weight excluding hydrogens is 262 g/mol. The lowest BCUT2D eigenvalue weighted by atomic mass is 10.1. The molecule has 4 nitrogen and oxygen atoms in total. The Bertz CT molecular complexity index is 614. The average Bonchev–Trinajstić information content (AvgIpc) is 2.99. The van der Waals surface area contributed by atoms with Crippen LogP contribution in [0.3, 0.4) is 0 Å². The van der Waals surface area contributed by atoms with E-state index >= 15 is 0 Å². The molecule has 4 heteroatoms. The van der Waals surface area contributed by atoms with Crippen molar-refractivity contribution in [1.82, 2.24) is 9.88 Å². The lowest BCUT2D eigenvalue weighted by molar-refractivity contribution is 0.277. The smallest absolute Gasteiger partial charge is 0.133 e. The van der Waals surface area contributed by atoms with E-state index in [4.69, 9.17) is 4.74 Å². The van der Waals surface area contributed by atoms with E-state index in [0.29, 0.717) is 6.04 Å². The van der Waals surface area contributed by atoms with Crippen LogP contribution >= 0.6 is 0 Å². The molecule has 0 amide bonds. The van der Waals surface area contributed by atoms with Gasteiger partial charge >= 0.3 is 0 Å². The number of rotatable bonds is 5. The van der Waals surface area contributed by atoms with Gasteiger partial charge in [-0.2, -0.15) is 0 Å². The van der Waals surface area contributed by atoms with E-state index < -0.39 is 0 Å². The van der Waals surface area contributed by atoms with Crippen molar-refractivity contribution in [2.45, 2.75) is 25.8 Å². The molecule has 112 valence electrons. The molecule has 0 bridgehead atoms. The lowest BCUT2D eigenvalue weighted by Crippen LogP contribution is -2.34. The highest BCUT2D eigenvalue weighted by atomic mass is 16.5. The maximum atomic E-state index is 5.28. The molecule has 1 N–H and O–H groups in total. The van der Waals surface area contributed by atoms with Crippen molar-refractivity contribution in [2.24, 2.45) is 0 Å². The number of anilines is 1. The minimum absolute atomic E-state index is 0.630. The summed E-state index contributed by atoms with van der Waals surface area (Å²) < 4.78 is 5.28. The van der Waals surface area contributed by atoms with Crippen molar-refractivity contribution in [3.05, 3.63) is 30.5 Å². The molecule has 1 fully saturated rings. The number of methoxy groups -OCH3 is 1. The molecule has 1 aromatic heterocycles. The lowest BCUT2D eigenvalue weighted by Gasteiger charge is -2.23. The Morgan fingerprint density at radius 2 is 2.29 bits per heavy atom. The highest BCUT2D eigenvalue weighted by Crippen LogP contribution is 2.26. The van der Waals surface area contributed by atoms with Crippen LogP contribution in [0.5, 0.6) is 5.75 Å². The van der Waals surface area contributed by atoms with Crippen LogP contribution in [0.1, 0.15) is 19.8 Å². The van der Waals surface area contributed by atoms with Gasteiger partial charge in [0.25, 0.3) is 0 Å². The van der Waals surface area contributed by atoms with Gasteiger partial charge in [0.15, 0.2) is 0 Å². The molecule has 0 spiro atoms. The topological polar surface area (TPSA) is 37.4 Å². The number of pyridine rings is 1. The third kappa shape index (κ3) is 2.95. The Balaban J connectivity index is 1.77. The molecular formula is C17H23N3O. The van der Waals surface area contributed by atoms with Gasteiger partial charge in [-0.3, -0.25) is 4.90 Å². The van der Waals surface area contributed by atoms with Crippen LogP contribution in [0.25, 0.3) is 10.8 Å². The molecule has 0 radical (unpaired) electrons. The van der Waals surface area contributed by atoms with Gasteiger partial charge in [0.2, 0.25) is 0 Å². The predicted molar refractivity (Wildman–Crippen MR) is 87.1 cm³/mol. The molecule has 21 heavy (non-hydrogen) atoms. The molecule has 3 rings (SSSR count). The monoisotopic (exact) mass is 285 g/mol. The van der Waals surface area contributed by atoms with E-state index in [1.54, 1.807) is 7.11 Å². The number of nitrogens with zero attached hydrogens (tertiary/aromatic N) is 2. The van der Waals surface area contributed by atoms with Gasteiger partial charge in [-0.25, -0.2) is 4.98 Å². The SMILES string of the molecule is CCN1CCCC1CNc1nccc2cc(OC)ccc12. The molecule has 0 saturated carbocycles. The second-order valence-electron chi connectivity index (χ2n) is 5.55. The molecule has 1 atom stereocenters. The highest BCUT2D eigenvalue weighted by Gasteiger charge is 2.22. The zero-order valence-electron chi connectivity index (χ0n) is 12.8. The van der Waals surface area contributed by atoms with Gasteiger partial charge in [0, 0.05) is 24.2 Å². The maximum absolute atomic E-state index is 5.28. The van der Waals surface area contributed by atoms with Crippen LogP contribution in [0.15, 0.2) is 30.5 Å². The van der Waals surface area contributed by atoms with Crippen molar-refractivity contribution in [1.29, 1.82) is 0 Å². The summed E-state index contributed by atoms with van der Waals surface area (Å²) in [7, 11) is 1.70. The Morgan fingerprint density at radius 3 is 3.10 bits per heavy atom. The Labute approximate surface area is 126 Å². The van der Waals surface area contributed by atoms with E-state index in [1.807, 2.05) is 18.3 Å². The summed E-state index contributed by atoms with van der Waals surface area (Å²) in [5.74, 6) is 1.85. The van der Waals surface area contributed by atoms with Crippen LogP contribution in [0.4, 0.5) is 5.82 Å². The number of likely N-dealkylation sites (tertiary alicyclic amines) is 1. The first-order chi connectivity index (χ1) is 10.3. The largest absolute Gasteiger partial charge is 0.497 e. The van der Waals surface area contributed by atoms with E-state index in [-0.39, 0.29) is 0 Å². The number of nitrogens with one attached hydrogen (secondary N) is 1. The highest BCUT2D eigenvalue weighted by molar-refractivity contribution is 5.92. The molecule has 1 aromatic carbocycles. The summed E-state index contributed by atoms with van der Waals surface area (Å²) in [6, 6.07) is 8.77. The zero-order chi connectivity index (χ0) is 14.7. The van der Waals surface area contributed by atoms with Crippen LogP contribution in [0, 0.1) is 0 Å². The van der Waals surface area contributed by atoms with Gasteiger partial charge in [0.1, 0.15) is 11.6 Å². The number of fused-ring (bicyclic) bond motifs is 1. The standard InChI is InChI=1S/C17H23N3O/c1-3-20-10-4-5-14(20)12-19-17-16-7-6-15(21-2)11-13(16)8-9-18-17/h6-9,11,14H,3-5,10,12H2,1-2H3,(H,18,19). The van der Waals surface area contributed by atoms with Crippen LogP contribution in [-0.4, -0.2) is 42.7 Å². The summed E-state index contributed by atoms with van der Waals surface area (Å²) in [4.78, 5) is 7.05. The van der Waals surface area contributed by atoms with E-state index in [2.05, 4.69) is 34.3 Å². The second-order valence-corrected chi connectivity index (χ2v) is 5.55. The molecule has 2 heterocycles. The van der Waals surface area contributed by atoms with E-state index in [9.17, 15) is 0 Å². The number of likely N-dealkylation sites (N-methyl/N-ethyl adjacent to an activating group) is 1. The molecule has 2 aromatic rings. The number of aromatic nitrogens is 1. The van der Waals surface area contributed by atoms with Gasteiger partial charge in [-0.15, -0.1) is 0 Å². The number of hydrogen-bond donors (Lipinski definition) is 1. The van der Waals surface area contributed by atoms with Crippen molar-refractivity contribution < 1.29 is 4.74 Å². The van der Waals surface area contributed by atoms with Crippen LogP contribution in [-0.2, 0) is 0 Å². The van der Waals surface area contributed by atoms with E-state index in [1.165, 1.54) is 19.4 Å². The first-order valence-corrected chi connectivity index (χ1v) is 7.72. The second kappa shape index (κ2) is 6.31. The first kappa shape index (κ1) is 14.1. The van der Waals surface area contributed by atoms with Crippen molar-refractivity contribution >= 4 is 16.6 Å². The summed E-state index contributed by atoms with van der Waals surface area (Å²) in [5.41, 5.74) is 0. The zero-order valence-corrected chi connectivity index (χ0v) is 12.8. The Kier molecular flexibility index (Phi) is 4.25. The fourth-order valence-electron chi connectivity index (χ4n) is 3.18. The molecule has 1 aliphatic heterocycles. The summed E-state index contributed by atoms with van der Waals surface area (Å²) in [5, 5.41) is 5.85. The first-order valence-electron chi connectivity index (χ1n) is 7.72. The molecule has 1 unspecified atom stereocenters. The normalized spacial score (nSPS) is 19.0. The van der Waals surface area contributed by atoms with Crippen LogP contribution in [0.2, 0.25) is 0 Å². The number of hydrogen-bond acceptors (Lipinski definition) is 4. The predicted octanol–water partition coefficient (Wildman–Crippen LogP) is 3.14. The third-order valence-corrected chi connectivity index (χ3v) is 4.38. The fraction of sp³-hybridized carbons (Fsp3) is 0.471. The van der Waals surface area contributed by atoms with E-state index in [0.717, 1.165) is 35.4 Å². The molecule has 1 saturated heterocycles. The quantitative estimate of drug-likeness (QED) is 0.916. The van der Waals surface area contributed by atoms with Crippen molar-refractivity contribution in [3.63, 3.8) is 0 Å². The van der Waals surface area contributed by atoms with Gasteiger partial charge < -0.3 is 10.1 Å². The fourth-order valence-corrected chi connectivity index (χ4v) is 3.18. The third-order valence-electron chi connectivity index (χ3n) is 4.38. The Hall–Kier alpha value is -1.81. The van der Waals surface area contributed by atoms with Gasteiger partial charge in [-0.1, -0.05) is 6.92 Å². The minimum Gasteiger partial charge on any atom is -0.497 e. The number of benzene rings is 1. The molecule has 1 aliphatic rings. The summed E-state index contributed by atoms with van der Waals surface area (Å²) in [6.45, 7) is 5.56. The minimum atomic E-state index is 0.630. The summed E-state index contributed by atoms with van der Waals surface area (Å²) in [6.07, 6.45) is 4.44. The van der Waals surface area contributed by atoms with Crippen molar-refractivity contribution in [2.75, 3.05) is 32.1 Å². The van der Waals surface area contributed by atoms with Crippen LogP contribution < -0.4 is 10.1 Å². The van der Waals surface area contributed by atoms with Crippen molar-refractivity contribution in [3.8, 4) is 5.75 Å². The molecule has 0 aliphatic carbocycles. The van der Waals surface area contributed by atoms with Gasteiger partial charge in [-0.05, 0) is 55.6 Å². The maximum Gasteiger partial charge on any atom is 0.133 e.